The molecule has 0 radical (unpaired) electrons. The topological polar surface area (TPSA) is 62.2 Å². The molecule has 1 fully saturated rings. The average Bonchev–Trinajstić information content (AvgIpc) is 2.61. The molecule has 6 heteroatoms. The lowest BCUT2D eigenvalue weighted by atomic mass is 9.91. The van der Waals surface area contributed by atoms with E-state index in [1.54, 1.807) is 18.5 Å². The maximum absolute atomic E-state index is 12.6. The maximum Gasteiger partial charge on any atom is 0.272 e. The van der Waals surface area contributed by atoms with Crippen molar-refractivity contribution in [2.75, 3.05) is 27.2 Å². The first kappa shape index (κ1) is 17.5. The number of piperidine rings is 1. The Hall–Kier alpha value is -2.34. The summed E-state index contributed by atoms with van der Waals surface area (Å²) < 4.78 is 0. The minimum absolute atomic E-state index is 0.0230. The van der Waals surface area contributed by atoms with Gasteiger partial charge in [-0.2, -0.15) is 0 Å². The lowest BCUT2D eigenvalue weighted by Crippen LogP contribution is -2.38. The monoisotopic (exact) mass is 339 g/mol. The third kappa shape index (κ3) is 4.20. The Balaban J connectivity index is 1.67. The largest absolute Gasteiger partial charge is 0.337 e. The number of amides is 1. The number of likely N-dealkylation sites (tertiary alicyclic amines) is 1. The Morgan fingerprint density at radius 3 is 2.60 bits per heavy atom. The Bertz CT molecular complexity index is 738. The number of aryl methyl sites for hydroxylation is 1. The molecule has 6 nitrogen and oxygen atoms in total. The second-order valence-corrected chi connectivity index (χ2v) is 6.86. The second-order valence-electron chi connectivity index (χ2n) is 6.86. The van der Waals surface area contributed by atoms with Crippen LogP contribution in [0.15, 0.2) is 30.6 Å². The predicted octanol–water partition coefficient (Wildman–Crippen LogP) is 2.26. The molecule has 0 spiro atoms. The van der Waals surface area contributed by atoms with Gasteiger partial charge < -0.3 is 9.80 Å². The van der Waals surface area contributed by atoms with Gasteiger partial charge in [-0.3, -0.25) is 14.8 Å². The molecule has 25 heavy (non-hydrogen) atoms. The molecule has 2 aromatic rings. The first-order valence-electron chi connectivity index (χ1n) is 8.72. The van der Waals surface area contributed by atoms with E-state index in [-0.39, 0.29) is 5.91 Å². The summed E-state index contributed by atoms with van der Waals surface area (Å²) >= 11 is 0. The molecule has 0 N–H and O–H groups in total. The van der Waals surface area contributed by atoms with Gasteiger partial charge in [0.1, 0.15) is 5.69 Å². The summed E-state index contributed by atoms with van der Waals surface area (Å²) in [5.74, 6) is 0.382. The van der Waals surface area contributed by atoms with E-state index in [0.29, 0.717) is 11.6 Å². The van der Waals surface area contributed by atoms with Crippen LogP contribution in [-0.4, -0.2) is 57.8 Å². The molecule has 0 atom stereocenters. The van der Waals surface area contributed by atoms with E-state index >= 15 is 0 Å². The third-order valence-corrected chi connectivity index (χ3v) is 4.55. The molecule has 0 aromatic carbocycles. The second kappa shape index (κ2) is 7.70. The molecule has 0 bridgehead atoms. The number of hydrogen-bond donors (Lipinski definition) is 0. The first-order valence-corrected chi connectivity index (χ1v) is 8.72. The lowest BCUT2D eigenvalue weighted by molar-refractivity contribution is 0.0705. The zero-order valence-corrected chi connectivity index (χ0v) is 15.1. The molecular weight excluding hydrogens is 314 g/mol. The van der Waals surface area contributed by atoms with Gasteiger partial charge in [0.05, 0.1) is 11.4 Å². The normalized spacial score (nSPS) is 15.6. The fourth-order valence-electron chi connectivity index (χ4n) is 3.32. The van der Waals surface area contributed by atoms with Crippen molar-refractivity contribution >= 4 is 5.91 Å². The molecular formula is C19H25N5O. The molecule has 0 unspecified atom stereocenters. The van der Waals surface area contributed by atoms with Crippen LogP contribution in [0.25, 0.3) is 0 Å². The van der Waals surface area contributed by atoms with Crippen molar-refractivity contribution in [2.45, 2.75) is 32.2 Å². The van der Waals surface area contributed by atoms with Gasteiger partial charge in [0.15, 0.2) is 0 Å². The minimum atomic E-state index is 0.0230. The van der Waals surface area contributed by atoms with E-state index in [2.05, 4.69) is 19.9 Å². The van der Waals surface area contributed by atoms with Crippen LogP contribution >= 0.6 is 0 Å². The van der Waals surface area contributed by atoms with Crippen molar-refractivity contribution in [3.05, 3.63) is 53.4 Å². The summed E-state index contributed by atoms with van der Waals surface area (Å²) in [4.78, 5) is 30.1. The van der Waals surface area contributed by atoms with Crippen molar-refractivity contribution in [3.63, 3.8) is 0 Å². The number of hydrogen-bond acceptors (Lipinski definition) is 5. The van der Waals surface area contributed by atoms with E-state index in [0.717, 1.165) is 49.6 Å². The fraction of sp³-hybridized carbons (Fsp3) is 0.474. The van der Waals surface area contributed by atoms with Crippen LogP contribution in [0.3, 0.4) is 0 Å². The quantitative estimate of drug-likeness (QED) is 0.855. The van der Waals surface area contributed by atoms with Crippen LogP contribution in [0, 0.1) is 6.92 Å². The molecule has 0 aliphatic carbocycles. The number of carbonyl (C=O) groups is 1. The van der Waals surface area contributed by atoms with Gasteiger partial charge in [0.2, 0.25) is 0 Å². The van der Waals surface area contributed by atoms with Gasteiger partial charge >= 0.3 is 0 Å². The number of carbonyl (C=O) groups excluding carboxylic acids is 1. The smallest absolute Gasteiger partial charge is 0.272 e. The highest BCUT2D eigenvalue weighted by Crippen LogP contribution is 2.29. The molecule has 3 heterocycles. The van der Waals surface area contributed by atoms with Gasteiger partial charge in [-0.1, -0.05) is 6.07 Å². The highest BCUT2D eigenvalue weighted by atomic mass is 16.2. The molecule has 1 aliphatic heterocycles. The molecule has 132 valence electrons. The van der Waals surface area contributed by atoms with Gasteiger partial charge in [-0.05, 0) is 46.0 Å². The van der Waals surface area contributed by atoms with Crippen LogP contribution in [0.1, 0.15) is 46.3 Å². The van der Waals surface area contributed by atoms with Crippen molar-refractivity contribution < 1.29 is 4.79 Å². The zero-order valence-electron chi connectivity index (χ0n) is 15.1. The summed E-state index contributed by atoms with van der Waals surface area (Å²) in [6.45, 7) is 4.16. The number of aromatic nitrogens is 3. The first-order chi connectivity index (χ1) is 12.0. The van der Waals surface area contributed by atoms with E-state index in [1.165, 1.54) is 0 Å². The van der Waals surface area contributed by atoms with Gasteiger partial charge in [-0.25, -0.2) is 4.98 Å². The van der Waals surface area contributed by atoms with E-state index in [4.69, 9.17) is 0 Å². The Morgan fingerprint density at radius 1 is 1.20 bits per heavy atom. The van der Waals surface area contributed by atoms with Crippen LogP contribution < -0.4 is 0 Å². The summed E-state index contributed by atoms with van der Waals surface area (Å²) in [6.07, 6.45) is 5.35. The summed E-state index contributed by atoms with van der Waals surface area (Å²) in [5, 5.41) is 0. The predicted molar refractivity (Wildman–Crippen MR) is 96.3 cm³/mol. The SMILES string of the molecule is Cc1cccc(C(=O)N2CCC(c3nccnc3CN(C)C)CC2)n1. The molecule has 1 amide bonds. The molecule has 1 aliphatic rings. The van der Waals surface area contributed by atoms with Crippen LogP contribution in [-0.2, 0) is 6.54 Å². The Kier molecular flexibility index (Phi) is 5.38. The Morgan fingerprint density at radius 2 is 1.92 bits per heavy atom. The van der Waals surface area contributed by atoms with Crippen molar-refractivity contribution in [1.29, 1.82) is 0 Å². The van der Waals surface area contributed by atoms with Crippen molar-refractivity contribution in [3.8, 4) is 0 Å². The van der Waals surface area contributed by atoms with Gasteiger partial charge in [0, 0.05) is 43.6 Å². The average molecular weight is 339 g/mol. The number of rotatable bonds is 4. The number of pyridine rings is 1. The van der Waals surface area contributed by atoms with Crippen LogP contribution in [0.5, 0.6) is 0 Å². The molecule has 2 aromatic heterocycles. The summed E-state index contributed by atoms with van der Waals surface area (Å²) in [5.41, 5.74) is 3.52. The molecule has 1 saturated heterocycles. The zero-order chi connectivity index (χ0) is 17.8. The standard InChI is InChI=1S/C19H25N5O/c1-14-5-4-6-16(22-14)19(25)24-11-7-15(8-12-24)18-17(13-23(2)3)20-9-10-21-18/h4-6,9-10,15H,7-8,11-13H2,1-3H3. The molecule has 3 rings (SSSR count). The van der Waals surface area contributed by atoms with Gasteiger partial charge in [0.25, 0.3) is 5.91 Å². The Labute approximate surface area is 148 Å². The van der Waals surface area contributed by atoms with E-state index in [9.17, 15) is 4.79 Å². The van der Waals surface area contributed by atoms with Crippen molar-refractivity contribution in [1.82, 2.24) is 24.8 Å². The minimum Gasteiger partial charge on any atom is -0.337 e. The lowest BCUT2D eigenvalue weighted by Gasteiger charge is -2.32. The van der Waals surface area contributed by atoms with Gasteiger partial charge in [-0.15, -0.1) is 0 Å². The van der Waals surface area contributed by atoms with Crippen LogP contribution in [0.2, 0.25) is 0 Å². The summed E-state index contributed by atoms with van der Waals surface area (Å²) in [7, 11) is 4.07. The van der Waals surface area contributed by atoms with E-state index in [1.807, 2.05) is 38.1 Å². The van der Waals surface area contributed by atoms with Crippen molar-refractivity contribution in [2.24, 2.45) is 0 Å². The number of nitrogens with zero attached hydrogens (tertiary/aromatic N) is 5. The maximum atomic E-state index is 12.6. The highest BCUT2D eigenvalue weighted by molar-refractivity contribution is 5.92. The highest BCUT2D eigenvalue weighted by Gasteiger charge is 2.27. The summed E-state index contributed by atoms with van der Waals surface area (Å²) in [6, 6.07) is 5.58. The third-order valence-electron chi connectivity index (χ3n) is 4.55. The fourth-order valence-corrected chi connectivity index (χ4v) is 3.32. The van der Waals surface area contributed by atoms with E-state index < -0.39 is 0 Å². The molecule has 0 saturated carbocycles. The van der Waals surface area contributed by atoms with Crippen LogP contribution in [0.4, 0.5) is 0 Å².